The van der Waals surface area contributed by atoms with Crippen molar-refractivity contribution < 1.29 is 29.3 Å². The van der Waals surface area contributed by atoms with Gasteiger partial charge in [0, 0.05) is 54.1 Å². The number of allylic oxidation sites excluding steroid dienone is 4. The van der Waals surface area contributed by atoms with Crippen molar-refractivity contribution in [3.8, 4) is 17.2 Å². The van der Waals surface area contributed by atoms with Crippen LogP contribution in [0.1, 0.15) is 77.7 Å². The van der Waals surface area contributed by atoms with E-state index in [-0.39, 0.29) is 58.3 Å². The summed E-state index contributed by atoms with van der Waals surface area (Å²) >= 11 is 0. The second-order valence-electron chi connectivity index (χ2n) is 13.0. The van der Waals surface area contributed by atoms with Crippen LogP contribution in [0.4, 0.5) is 0 Å². The van der Waals surface area contributed by atoms with E-state index in [1.165, 1.54) is 6.07 Å². The molecule has 1 unspecified atom stereocenters. The Morgan fingerprint density at radius 1 is 1.05 bits per heavy atom. The fourth-order valence-corrected chi connectivity index (χ4v) is 7.49. The van der Waals surface area contributed by atoms with Crippen LogP contribution in [0.2, 0.25) is 0 Å². The van der Waals surface area contributed by atoms with Gasteiger partial charge in [0.2, 0.25) is 0 Å². The maximum absolute atomic E-state index is 14.5. The summed E-state index contributed by atoms with van der Waals surface area (Å²) in [5.74, 6) is -1.56. The molecule has 1 aromatic carbocycles. The number of phenolic OH excluding ortho intramolecular Hbond substituents is 2. The van der Waals surface area contributed by atoms with Crippen LogP contribution in [0.3, 0.4) is 0 Å². The third-order valence-electron chi connectivity index (χ3n) is 9.39. The van der Waals surface area contributed by atoms with Gasteiger partial charge in [-0.05, 0) is 67.7 Å². The normalized spacial score (nSPS) is 29.9. The summed E-state index contributed by atoms with van der Waals surface area (Å²) in [5.41, 5.74) is 0.257. The topological polar surface area (TPSA) is 96.3 Å². The number of hydrogen-bond donors (Lipinski definition) is 2. The van der Waals surface area contributed by atoms with Crippen molar-refractivity contribution >= 4 is 11.6 Å². The molecule has 1 saturated heterocycles. The maximum Gasteiger partial charge on any atom is 0.200 e. The van der Waals surface area contributed by atoms with Crippen molar-refractivity contribution in [2.45, 2.75) is 91.5 Å². The molecule has 40 heavy (non-hydrogen) atoms. The van der Waals surface area contributed by atoms with Gasteiger partial charge in [-0.15, -0.1) is 0 Å². The molecule has 1 saturated carbocycles. The Bertz CT molecular complexity index is 1340. The Hall–Kier alpha value is -2.90. The highest BCUT2D eigenvalue weighted by molar-refractivity contribution is 6.18. The van der Waals surface area contributed by atoms with Gasteiger partial charge >= 0.3 is 0 Å². The van der Waals surface area contributed by atoms with E-state index in [1.807, 2.05) is 45.9 Å². The number of carbonyl (C=O) groups excluding carboxylic acids is 2. The molecule has 0 amide bonds. The smallest absolute Gasteiger partial charge is 0.200 e. The first-order valence-corrected chi connectivity index (χ1v) is 14.5. The van der Waals surface area contributed by atoms with Crippen molar-refractivity contribution in [1.82, 2.24) is 4.90 Å². The zero-order chi connectivity index (χ0) is 29.3. The number of ether oxygens (including phenoxy) is 2. The number of aromatic hydroxyl groups is 2. The van der Waals surface area contributed by atoms with Gasteiger partial charge in [0.15, 0.2) is 22.8 Å². The quantitative estimate of drug-likeness (QED) is 0.411. The number of benzene rings is 1. The lowest BCUT2D eigenvalue weighted by atomic mass is 9.49. The Balaban J connectivity index is 1.75. The number of phenols is 2. The second-order valence-corrected chi connectivity index (χ2v) is 13.0. The molecule has 0 radical (unpaired) electrons. The summed E-state index contributed by atoms with van der Waals surface area (Å²) in [6, 6.07) is 1.76. The molecular formula is C33H43NO6. The molecule has 4 bridgehead atoms. The number of rotatable bonds is 8. The van der Waals surface area contributed by atoms with Gasteiger partial charge in [-0.3, -0.25) is 14.5 Å². The van der Waals surface area contributed by atoms with Gasteiger partial charge in [0.05, 0.1) is 6.61 Å². The van der Waals surface area contributed by atoms with Crippen molar-refractivity contribution in [2.24, 2.45) is 17.8 Å². The van der Waals surface area contributed by atoms with Crippen molar-refractivity contribution in [1.29, 1.82) is 0 Å². The molecule has 1 spiro atoms. The van der Waals surface area contributed by atoms with E-state index in [9.17, 15) is 19.8 Å². The van der Waals surface area contributed by atoms with Crippen molar-refractivity contribution in [3.05, 3.63) is 52.1 Å². The van der Waals surface area contributed by atoms with Crippen LogP contribution in [0.5, 0.6) is 17.2 Å². The third-order valence-corrected chi connectivity index (χ3v) is 9.39. The molecular weight excluding hydrogens is 506 g/mol. The summed E-state index contributed by atoms with van der Waals surface area (Å²) in [4.78, 5) is 31.2. The molecule has 5 atom stereocenters. The van der Waals surface area contributed by atoms with E-state index in [1.54, 1.807) is 0 Å². The van der Waals surface area contributed by atoms with Crippen LogP contribution in [0.15, 0.2) is 41.0 Å². The molecule has 1 aromatic rings. The highest BCUT2D eigenvalue weighted by Crippen LogP contribution is 2.65. The van der Waals surface area contributed by atoms with Crippen LogP contribution in [-0.2, 0) is 16.0 Å². The second kappa shape index (κ2) is 9.88. The SMILES string of the molecule is CC(C)=CCc1c(O)cc(O)c2c1O[C@@]13C(=C[C@H]4C(=O)C1(CC=C(C)C)OC[C@@H]3[C@H]4CN(C(C)C)C(C)C)C2=O. The summed E-state index contributed by atoms with van der Waals surface area (Å²) in [6.07, 6.45) is 6.36. The molecule has 2 heterocycles. The van der Waals surface area contributed by atoms with Gasteiger partial charge in [-0.25, -0.2) is 0 Å². The van der Waals surface area contributed by atoms with Gasteiger partial charge in [0.1, 0.15) is 22.8 Å². The standard InChI is InChI=1S/C33H43NO6/c1-17(2)9-10-21-26(35)14-27(36)28-29(37)24-13-22-23(15-34(19(5)6)20(7)8)25-16-39-32(31(22)38,12-11-18(3)4)33(24,25)40-30(21)28/h9,11,13-14,19-20,22-23,25,35-36H,10,12,15-16H2,1-8H3/t22-,23+,25-,32?,33-/m1/s1. The van der Waals surface area contributed by atoms with Gasteiger partial charge < -0.3 is 19.7 Å². The third kappa shape index (κ3) is 3.92. The van der Waals surface area contributed by atoms with E-state index in [0.29, 0.717) is 37.1 Å². The summed E-state index contributed by atoms with van der Waals surface area (Å²) in [5, 5.41) is 21.8. The van der Waals surface area contributed by atoms with E-state index in [4.69, 9.17) is 9.47 Å². The van der Waals surface area contributed by atoms with Crippen LogP contribution in [-0.4, -0.2) is 63.1 Å². The van der Waals surface area contributed by atoms with Gasteiger partial charge in [0.25, 0.3) is 0 Å². The molecule has 2 N–H and O–H groups in total. The summed E-state index contributed by atoms with van der Waals surface area (Å²) in [7, 11) is 0. The zero-order valence-corrected chi connectivity index (χ0v) is 25.0. The molecule has 0 aromatic heterocycles. The van der Waals surface area contributed by atoms with E-state index in [0.717, 1.165) is 11.1 Å². The highest BCUT2D eigenvalue weighted by atomic mass is 16.6. The summed E-state index contributed by atoms with van der Waals surface area (Å²) in [6.45, 7) is 17.5. The van der Waals surface area contributed by atoms with E-state index in [2.05, 4.69) is 32.6 Å². The maximum atomic E-state index is 14.5. The van der Waals surface area contributed by atoms with Crippen LogP contribution >= 0.6 is 0 Å². The van der Waals surface area contributed by atoms with Crippen LogP contribution in [0.25, 0.3) is 0 Å². The molecule has 2 aliphatic heterocycles. The molecule has 7 nitrogen and oxygen atoms in total. The number of fused-ring (bicyclic) bond motifs is 1. The average Bonchev–Trinajstić information content (AvgIpc) is 3.14. The molecule has 7 heteroatoms. The first-order chi connectivity index (χ1) is 18.8. The van der Waals surface area contributed by atoms with Crippen molar-refractivity contribution in [3.63, 3.8) is 0 Å². The number of ketones is 2. The fraction of sp³-hybridized carbons (Fsp3) is 0.576. The zero-order valence-electron chi connectivity index (χ0n) is 25.0. The highest BCUT2D eigenvalue weighted by Gasteiger charge is 2.79. The first-order valence-electron chi connectivity index (χ1n) is 14.5. The monoisotopic (exact) mass is 549 g/mol. The van der Waals surface area contributed by atoms with Crippen LogP contribution < -0.4 is 4.74 Å². The molecule has 2 fully saturated rings. The predicted molar refractivity (Wildman–Crippen MR) is 154 cm³/mol. The number of carbonyl (C=O) groups is 2. The fourth-order valence-electron chi connectivity index (χ4n) is 7.49. The largest absolute Gasteiger partial charge is 0.507 e. The lowest BCUT2D eigenvalue weighted by molar-refractivity contribution is -0.171. The number of nitrogens with zero attached hydrogens (tertiary/aromatic N) is 1. The Morgan fingerprint density at radius 2 is 1.70 bits per heavy atom. The van der Waals surface area contributed by atoms with Crippen molar-refractivity contribution in [2.75, 3.05) is 13.2 Å². The number of Topliss-reactive ketones (excluding diaryl/α,β-unsaturated/α-hetero) is 2. The predicted octanol–water partition coefficient (Wildman–Crippen LogP) is 5.54. The molecule has 6 rings (SSSR count). The summed E-state index contributed by atoms with van der Waals surface area (Å²) < 4.78 is 13.5. The molecule has 5 aliphatic rings. The van der Waals surface area contributed by atoms with E-state index < -0.39 is 17.1 Å². The Morgan fingerprint density at radius 3 is 2.30 bits per heavy atom. The Labute approximate surface area is 237 Å². The lowest BCUT2D eigenvalue weighted by Crippen LogP contribution is -2.74. The van der Waals surface area contributed by atoms with Gasteiger partial charge in [-0.2, -0.15) is 0 Å². The lowest BCUT2D eigenvalue weighted by Gasteiger charge is -2.59. The van der Waals surface area contributed by atoms with Gasteiger partial charge in [-0.1, -0.05) is 29.4 Å². The molecule has 3 aliphatic carbocycles. The molecule has 216 valence electrons. The average molecular weight is 550 g/mol. The minimum Gasteiger partial charge on any atom is -0.507 e. The minimum atomic E-state index is -1.36. The Kier molecular flexibility index (Phi) is 7.07. The first kappa shape index (κ1) is 28.6. The number of hydrogen-bond acceptors (Lipinski definition) is 7. The minimum absolute atomic E-state index is 0.0473. The van der Waals surface area contributed by atoms with Crippen LogP contribution in [0, 0.1) is 17.8 Å². The van der Waals surface area contributed by atoms with E-state index >= 15 is 0 Å².